The maximum atomic E-state index is 11.4. The van der Waals surface area contributed by atoms with E-state index in [1.807, 2.05) is 24.3 Å². The van der Waals surface area contributed by atoms with Crippen LogP contribution in [-0.2, 0) is 20.0 Å². The molecule has 2 N–H and O–H groups in total. The van der Waals surface area contributed by atoms with Crippen LogP contribution in [0.5, 0.6) is 0 Å². The van der Waals surface area contributed by atoms with E-state index in [2.05, 4.69) is 29.5 Å². The van der Waals surface area contributed by atoms with Gasteiger partial charge in [0.05, 0.1) is 0 Å². The molecule has 0 fully saturated rings. The Morgan fingerprint density at radius 3 is 2.62 bits per heavy atom. The van der Waals surface area contributed by atoms with Crippen LogP contribution in [0.2, 0.25) is 0 Å². The molecule has 0 bridgehead atoms. The molecule has 118 valence electrons. The lowest BCUT2D eigenvalue weighted by Gasteiger charge is -2.33. The van der Waals surface area contributed by atoms with Crippen molar-refractivity contribution < 1.29 is 19.0 Å². The molecule has 0 aliphatic heterocycles. The van der Waals surface area contributed by atoms with Crippen LogP contribution < -0.4 is 5.73 Å². The Kier molecular flexibility index (Phi) is 7.98. The average Bonchev–Trinajstić information content (AvgIpc) is 2.45. The fraction of sp³-hybridized carbons (Fsp3) is 0.533. The summed E-state index contributed by atoms with van der Waals surface area (Å²) >= 11 is 2.19. The summed E-state index contributed by atoms with van der Waals surface area (Å²) in [6.45, 7) is 2.13. The fourth-order valence-corrected chi connectivity index (χ4v) is 2.91. The molecule has 1 amide bonds. The first-order valence-electron chi connectivity index (χ1n) is 6.92. The van der Waals surface area contributed by atoms with Crippen LogP contribution in [0.25, 0.3) is 0 Å². The molecule has 0 heterocycles. The van der Waals surface area contributed by atoms with Crippen LogP contribution >= 0.6 is 22.6 Å². The minimum absolute atomic E-state index is 0.0182. The Morgan fingerprint density at radius 2 is 2.05 bits per heavy atom. The van der Waals surface area contributed by atoms with E-state index in [0.717, 1.165) is 28.4 Å². The van der Waals surface area contributed by atoms with E-state index in [9.17, 15) is 4.79 Å². The van der Waals surface area contributed by atoms with E-state index in [1.165, 1.54) is 7.11 Å². The number of carbonyl (C=O) groups excluding carboxylic acids is 1. The van der Waals surface area contributed by atoms with Gasteiger partial charge in [-0.1, -0.05) is 38.0 Å². The molecule has 0 aliphatic carbocycles. The van der Waals surface area contributed by atoms with Crippen LogP contribution in [-0.4, -0.2) is 20.0 Å². The summed E-state index contributed by atoms with van der Waals surface area (Å²) in [7, 11) is 1.52. The molecule has 0 unspecified atom stereocenters. The summed E-state index contributed by atoms with van der Waals surface area (Å²) in [4.78, 5) is 11.4. The molecule has 1 aromatic carbocycles. The summed E-state index contributed by atoms with van der Waals surface area (Å²) in [6.07, 6.45) is 2.61. The van der Waals surface area contributed by atoms with Gasteiger partial charge in [0.1, 0.15) is 0 Å². The minimum atomic E-state index is -1.20. The van der Waals surface area contributed by atoms with Crippen LogP contribution in [0.1, 0.15) is 38.2 Å². The standard InChI is InChI=1S/C15H22INO4/c1-3-4-7-10-15(20-11-19-2,21-14(17)18)12-8-5-6-9-13(12)16/h5-6,8-9H,3-4,7,10-11H2,1-2H3,(H2,17,18)/t15-/m1/s1. The topological polar surface area (TPSA) is 70.8 Å². The number of ether oxygens (including phenoxy) is 3. The first-order valence-corrected chi connectivity index (χ1v) is 8.00. The smallest absolute Gasteiger partial charge is 0.407 e. The van der Waals surface area contributed by atoms with Gasteiger partial charge in [0.15, 0.2) is 6.79 Å². The van der Waals surface area contributed by atoms with Crippen molar-refractivity contribution in [1.82, 2.24) is 0 Å². The number of halogens is 1. The van der Waals surface area contributed by atoms with E-state index < -0.39 is 11.9 Å². The number of amides is 1. The fourth-order valence-electron chi connectivity index (χ4n) is 2.11. The molecule has 1 atom stereocenters. The summed E-state index contributed by atoms with van der Waals surface area (Å²) in [5.41, 5.74) is 6.05. The molecule has 5 nitrogen and oxygen atoms in total. The maximum Gasteiger partial charge on any atom is 0.407 e. The van der Waals surface area contributed by atoms with Crippen LogP contribution in [0.15, 0.2) is 24.3 Å². The average molecular weight is 407 g/mol. The highest BCUT2D eigenvalue weighted by atomic mass is 127. The first-order chi connectivity index (χ1) is 10.1. The Bertz CT molecular complexity index is 455. The predicted octanol–water partition coefficient (Wildman–Crippen LogP) is 3.74. The van der Waals surface area contributed by atoms with Crippen molar-refractivity contribution in [3.8, 4) is 0 Å². The van der Waals surface area contributed by atoms with Crippen molar-refractivity contribution in [1.29, 1.82) is 0 Å². The minimum Gasteiger partial charge on any atom is -0.412 e. The van der Waals surface area contributed by atoms with E-state index in [-0.39, 0.29) is 6.79 Å². The Balaban J connectivity index is 3.14. The Labute approximate surface area is 139 Å². The van der Waals surface area contributed by atoms with Gasteiger partial charge >= 0.3 is 6.09 Å². The third kappa shape index (κ3) is 5.44. The van der Waals surface area contributed by atoms with Crippen molar-refractivity contribution in [3.05, 3.63) is 33.4 Å². The largest absolute Gasteiger partial charge is 0.412 e. The van der Waals surface area contributed by atoms with Crippen molar-refractivity contribution in [2.24, 2.45) is 5.73 Å². The molecule has 0 spiro atoms. The SMILES string of the molecule is CCCCC[C@@](OCOC)(OC(N)=O)c1ccccc1I. The third-order valence-corrected chi connectivity index (χ3v) is 4.01. The highest BCUT2D eigenvalue weighted by Gasteiger charge is 2.38. The number of hydrogen-bond acceptors (Lipinski definition) is 4. The molecular formula is C15H22INO4. The molecule has 0 aromatic heterocycles. The molecule has 0 radical (unpaired) electrons. The first kappa shape index (κ1) is 18.2. The highest BCUT2D eigenvalue weighted by Crippen LogP contribution is 2.36. The molecule has 1 rings (SSSR count). The third-order valence-electron chi connectivity index (χ3n) is 3.07. The second-order valence-corrected chi connectivity index (χ2v) is 5.82. The number of rotatable bonds is 9. The molecule has 0 saturated heterocycles. The van der Waals surface area contributed by atoms with Crippen molar-refractivity contribution in [3.63, 3.8) is 0 Å². The van der Waals surface area contributed by atoms with E-state index in [4.69, 9.17) is 19.9 Å². The van der Waals surface area contributed by atoms with Gasteiger partial charge in [-0.15, -0.1) is 0 Å². The molecule has 0 saturated carbocycles. The summed E-state index contributed by atoms with van der Waals surface area (Å²) in [6, 6.07) is 7.62. The van der Waals surface area contributed by atoms with Gasteiger partial charge in [0, 0.05) is 22.7 Å². The number of primary amides is 1. The predicted molar refractivity (Wildman–Crippen MR) is 88.6 cm³/mol. The van der Waals surface area contributed by atoms with Crippen LogP contribution in [0, 0.1) is 3.57 Å². The quantitative estimate of drug-likeness (QED) is 0.385. The monoisotopic (exact) mass is 407 g/mol. The molecular weight excluding hydrogens is 385 g/mol. The number of unbranched alkanes of at least 4 members (excludes halogenated alkanes) is 2. The molecule has 21 heavy (non-hydrogen) atoms. The zero-order valence-corrected chi connectivity index (χ0v) is 14.6. The summed E-state index contributed by atoms with van der Waals surface area (Å²) in [5, 5.41) is 0. The van der Waals surface area contributed by atoms with Gasteiger partial charge in [-0.3, -0.25) is 0 Å². The van der Waals surface area contributed by atoms with Crippen molar-refractivity contribution >= 4 is 28.7 Å². The zero-order valence-electron chi connectivity index (χ0n) is 12.4. The highest BCUT2D eigenvalue weighted by molar-refractivity contribution is 14.1. The number of hydrogen-bond donors (Lipinski definition) is 1. The van der Waals surface area contributed by atoms with Gasteiger partial charge in [0.25, 0.3) is 0 Å². The second-order valence-electron chi connectivity index (χ2n) is 4.66. The lowest BCUT2D eigenvalue weighted by molar-refractivity contribution is -0.252. The van der Waals surface area contributed by atoms with Gasteiger partial charge in [0.2, 0.25) is 5.79 Å². The van der Waals surface area contributed by atoms with Crippen LogP contribution in [0.4, 0.5) is 4.79 Å². The Hall–Kier alpha value is -0.860. The zero-order chi connectivity index (χ0) is 15.7. The molecule has 6 heteroatoms. The number of nitrogens with two attached hydrogens (primary N) is 1. The lowest BCUT2D eigenvalue weighted by atomic mass is 9.99. The molecule has 0 aliphatic rings. The normalized spacial score (nSPS) is 13.7. The molecule has 1 aromatic rings. The van der Waals surface area contributed by atoms with Crippen LogP contribution in [0.3, 0.4) is 0 Å². The summed E-state index contributed by atoms with van der Waals surface area (Å²) < 4.78 is 17.1. The Morgan fingerprint density at radius 1 is 1.33 bits per heavy atom. The van der Waals surface area contributed by atoms with Gasteiger partial charge < -0.3 is 19.9 Å². The second kappa shape index (κ2) is 9.22. The summed E-state index contributed by atoms with van der Waals surface area (Å²) in [5.74, 6) is -1.20. The van der Waals surface area contributed by atoms with E-state index in [1.54, 1.807) is 0 Å². The van der Waals surface area contributed by atoms with Crippen molar-refractivity contribution in [2.45, 2.75) is 38.4 Å². The number of carbonyl (C=O) groups is 1. The number of benzene rings is 1. The van der Waals surface area contributed by atoms with E-state index >= 15 is 0 Å². The maximum absolute atomic E-state index is 11.4. The lowest BCUT2D eigenvalue weighted by Crippen LogP contribution is -2.39. The van der Waals surface area contributed by atoms with Gasteiger partial charge in [-0.25, -0.2) is 4.79 Å². The van der Waals surface area contributed by atoms with E-state index in [0.29, 0.717) is 6.42 Å². The van der Waals surface area contributed by atoms with Gasteiger partial charge in [-0.2, -0.15) is 0 Å². The number of methoxy groups -OCH3 is 1. The van der Waals surface area contributed by atoms with Gasteiger partial charge in [-0.05, 0) is 35.1 Å². The van der Waals surface area contributed by atoms with Crippen molar-refractivity contribution in [2.75, 3.05) is 13.9 Å².